The van der Waals surface area contributed by atoms with Crippen molar-refractivity contribution in [1.82, 2.24) is 15.2 Å². The average Bonchev–Trinajstić information content (AvgIpc) is 2.75. The maximum atomic E-state index is 11.8. The SMILES string of the molecule is CCC(CNC(=O)N(C)Cc1scnc1C)C(=O)O. The lowest BCUT2D eigenvalue weighted by molar-refractivity contribution is -0.141. The van der Waals surface area contributed by atoms with Gasteiger partial charge in [-0.15, -0.1) is 11.3 Å². The minimum Gasteiger partial charge on any atom is -0.481 e. The van der Waals surface area contributed by atoms with Crippen LogP contribution in [0.1, 0.15) is 23.9 Å². The summed E-state index contributed by atoms with van der Waals surface area (Å²) in [6.45, 7) is 4.31. The molecular weight excluding hydrogens is 266 g/mol. The highest BCUT2D eigenvalue weighted by molar-refractivity contribution is 7.09. The third-order valence-corrected chi connectivity index (χ3v) is 3.83. The number of carbonyl (C=O) groups is 2. The van der Waals surface area contributed by atoms with E-state index < -0.39 is 11.9 Å². The van der Waals surface area contributed by atoms with Crippen LogP contribution in [0.2, 0.25) is 0 Å². The van der Waals surface area contributed by atoms with Gasteiger partial charge in [-0.2, -0.15) is 0 Å². The summed E-state index contributed by atoms with van der Waals surface area (Å²) in [5.41, 5.74) is 2.66. The third-order valence-electron chi connectivity index (χ3n) is 2.91. The molecule has 0 saturated carbocycles. The molecule has 1 unspecified atom stereocenters. The number of aryl methyl sites for hydroxylation is 1. The standard InChI is InChI=1S/C12H19N3O3S/c1-4-9(11(16)17)5-13-12(18)15(3)6-10-8(2)14-7-19-10/h7,9H,4-6H2,1-3H3,(H,13,18)(H,16,17). The minimum absolute atomic E-state index is 0.149. The molecule has 0 spiro atoms. The topological polar surface area (TPSA) is 82.5 Å². The predicted molar refractivity (Wildman–Crippen MR) is 73.1 cm³/mol. The first-order valence-corrected chi connectivity index (χ1v) is 6.94. The summed E-state index contributed by atoms with van der Waals surface area (Å²) in [6, 6.07) is -0.271. The van der Waals surface area contributed by atoms with Crippen LogP contribution in [0.3, 0.4) is 0 Å². The number of aliphatic carboxylic acids is 1. The molecule has 2 N–H and O–H groups in total. The number of nitrogens with one attached hydrogen (secondary N) is 1. The van der Waals surface area contributed by atoms with Gasteiger partial charge in [0.15, 0.2) is 0 Å². The second-order valence-electron chi connectivity index (χ2n) is 4.35. The Morgan fingerprint density at radius 3 is 2.74 bits per heavy atom. The van der Waals surface area contributed by atoms with Crippen LogP contribution in [0, 0.1) is 12.8 Å². The lowest BCUT2D eigenvalue weighted by Gasteiger charge is -2.19. The van der Waals surface area contributed by atoms with Crippen LogP contribution in [0.25, 0.3) is 0 Å². The number of thiazole rings is 1. The Labute approximate surface area is 116 Å². The van der Waals surface area contributed by atoms with Gasteiger partial charge >= 0.3 is 12.0 Å². The van der Waals surface area contributed by atoms with Gasteiger partial charge in [-0.1, -0.05) is 6.92 Å². The summed E-state index contributed by atoms with van der Waals surface area (Å²) in [6.07, 6.45) is 0.493. The first-order valence-electron chi connectivity index (χ1n) is 6.06. The Hall–Kier alpha value is -1.63. The van der Waals surface area contributed by atoms with Gasteiger partial charge in [0.05, 0.1) is 23.7 Å². The average molecular weight is 285 g/mol. The molecule has 7 heteroatoms. The number of rotatable bonds is 6. The molecule has 0 saturated heterocycles. The second kappa shape index (κ2) is 7.08. The lowest BCUT2D eigenvalue weighted by atomic mass is 10.1. The number of carboxylic acid groups (broad SMARTS) is 1. The molecule has 1 aromatic rings. The van der Waals surface area contributed by atoms with E-state index >= 15 is 0 Å². The molecule has 0 aliphatic carbocycles. The Kier molecular flexibility index (Phi) is 5.75. The van der Waals surface area contributed by atoms with Gasteiger partial charge in [-0.25, -0.2) is 9.78 Å². The van der Waals surface area contributed by atoms with Crippen molar-refractivity contribution < 1.29 is 14.7 Å². The van der Waals surface area contributed by atoms with E-state index in [1.165, 1.54) is 16.2 Å². The van der Waals surface area contributed by atoms with E-state index in [0.29, 0.717) is 13.0 Å². The number of aromatic nitrogens is 1. The van der Waals surface area contributed by atoms with Crippen LogP contribution >= 0.6 is 11.3 Å². The van der Waals surface area contributed by atoms with E-state index in [2.05, 4.69) is 10.3 Å². The molecule has 106 valence electrons. The Morgan fingerprint density at radius 1 is 1.58 bits per heavy atom. The fourth-order valence-corrected chi connectivity index (χ4v) is 2.35. The first kappa shape index (κ1) is 15.4. The van der Waals surface area contributed by atoms with Gasteiger partial charge in [0.2, 0.25) is 0 Å². The summed E-state index contributed by atoms with van der Waals surface area (Å²) in [5.74, 6) is -1.42. The Balaban J connectivity index is 2.45. The van der Waals surface area contributed by atoms with E-state index in [1.807, 2.05) is 6.92 Å². The monoisotopic (exact) mass is 285 g/mol. The predicted octanol–water partition coefficient (Wildman–Crippen LogP) is 1.70. The number of urea groups is 1. The van der Waals surface area contributed by atoms with Gasteiger partial charge in [0, 0.05) is 18.5 Å². The summed E-state index contributed by atoms with van der Waals surface area (Å²) in [4.78, 5) is 29.3. The minimum atomic E-state index is -0.885. The summed E-state index contributed by atoms with van der Waals surface area (Å²) < 4.78 is 0. The number of nitrogens with zero attached hydrogens (tertiary/aromatic N) is 2. The van der Waals surface area contributed by atoms with E-state index in [9.17, 15) is 9.59 Å². The van der Waals surface area contributed by atoms with Gasteiger partial charge in [-0.05, 0) is 13.3 Å². The molecule has 1 heterocycles. The smallest absolute Gasteiger partial charge is 0.317 e. The van der Waals surface area contributed by atoms with Gasteiger partial charge in [0.1, 0.15) is 0 Å². The van der Waals surface area contributed by atoms with Crippen LogP contribution in [0.4, 0.5) is 4.79 Å². The highest BCUT2D eigenvalue weighted by Gasteiger charge is 2.17. The molecule has 0 fully saturated rings. The van der Waals surface area contributed by atoms with Crippen molar-refractivity contribution in [2.75, 3.05) is 13.6 Å². The van der Waals surface area contributed by atoms with Crippen molar-refractivity contribution in [1.29, 1.82) is 0 Å². The Bertz CT molecular complexity index is 447. The van der Waals surface area contributed by atoms with Gasteiger partial charge in [0.25, 0.3) is 0 Å². The van der Waals surface area contributed by atoms with Crippen LogP contribution < -0.4 is 5.32 Å². The molecule has 19 heavy (non-hydrogen) atoms. The highest BCUT2D eigenvalue weighted by Crippen LogP contribution is 2.14. The molecule has 1 atom stereocenters. The first-order chi connectivity index (χ1) is 8.95. The zero-order chi connectivity index (χ0) is 14.4. The number of carbonyl (C=O) groups excluding carboxylic acids is 1. The van der Waals surface area contributed by atoms with Crippen molar-refractivity contribution in [2.45, 2.75) is 26.8 Å². The van der Waals surface area contributed by atoms with Crippen LogP contribution in [-0.2, 0) is 11.3 Å². The van der Waals surface area contributed by atoms with Crippen molar-refractivity contribution in [3.05, 3.63) is 16.1 Å². The fourth-order valence-electron chi connectivity index (χ4n) is 1.52. The molecule has 1 aromatic heterocycles. The molecule has 0 aliphatic heterocycles. The van der Waals surface area contributed by atoms with Crippen molar-refractivity contribution in [3.8, 4) is 0 Å². The van der Waals surface area contributed by atoms with Crippen LogP contribution in [-0.4, -0.2) is 40.6 Å². The summed E-state index contributed by atoms with van der Waals surface area (Å²) in [7, 11) is 1.68. The molecule has 0 aromatic carbocycles. The zero-order valence-corrected chi connectivity index (χ0v) is 12.2. The van der Waals surface area contributed by atoms with Crippen molar-refractivity contribution in [2.24, 2.45) is 5.92 Å². The molecule has 1 rings (SSSR count). The number of carboxylic acids is 1. The summed E-state index contributed by atoms with van der Waals surface area (Å²) >= 11 is 1.50. The maximum absolute atomic E-state index is 11.8. The molecule has 6 nitrogen and oxygen atoms in total. The van der Waals surface area contributed by atoms with E-state index in [4.69, 9.17) is 5.11 Å². The fraction of sp³-hybridized carbons (Fsp3) is 0.583. The van der Waals surface area contributed by atoms with E-state index in [-0.39, 0.29) is 12.6 Å². The van der Waals surface area contributed by atoms with Gasteiger partial charge in [-0.3, -0.25) is 4.79 Å². The third kappa shape index (κ3) is 4.51. The number of amides is 2. The number of hydrogen-bond donors (Lipinski definition) is 2. The zero-order valence-electron chi connectivity index (χ0n) is 11.3. The number of hydrogen-bond acceptors (Lipinski definition) is 4. The molecular formula is C12H19N3O3S. The van der Waals surface area contributed by atoms with Crippen LogP contribution in [0.15, 0.2) is 5.51 Å². The largest absolute Gasteiger partial charge is 0.481 e. The molecule has 0 aliphatic rings. The quantitative estimate of drug-likeness (QED) is 0.833. The normalized spacial score (nSPS) is 11.9. The molecule has 0 bridgehead atoms. The van der Waals surface area contributed by atoms with Gasteiger partial charge < -0.3 is 15.3 Å². The Morgan fingerprint density at radius 2 is 2.26 bits per heavy atom. The molecule has 2 amide bonds. The lowest BCUT2D eigenvalue weighted by Crippen LogP contribution is -2.40. The van der Waals surface area contributed by atoms with Crippen molar-refractivity contribution >= 4 is 23.3 Å². The highest BCUT2D eigenvalue weighted by atomic mass is 32.1. The van der Waals surface area contributed by atoms with Crippen LogP contribution in [0.5, 0.6) is 0 Å². The maximum Gasteiger partial charge on any atom is 0.317 e. The second-order valence-corrected chi connectivity index (χ2v) is 5.29. The van der Waals surface area contributed by atoms with E-state index in [1.54, 1.807) is 19.5 Å². The molecule has 0 radical (unpaired) electrons. The van der Waals surface area contributed by atoms with E-state index in [0.717, 1.165) is 10.6 Å². The van der Waals surface area contributed by atoms with Crippen molar-refractivity contribution in [3.63, 3.8) is 0 Å². The summed E-state index contributed by atoms with van der Waals surface area (Å²) in [5, 5.41) is 11.5.